The SMILES string of the molecule is CN(C)CCCN1CC2C3C=CC(C3)C2C1. The minimum Gasteiger partial charge on any atom is -0.309 e. The van der Waals surface area contributed by atoms with E-state index in [0.717, 1.165) is 23.7 Å². The van der Waals surface area contributed by atoms with Gasteiger partial charge >= 0.3 is 0 Å². The monoisotopic (exact) mass is 220 g/mol. The van der Waals surface area contributed by atoms with Crippen molar-refractivity contribution in [3.8, 4) is 0 Å². The summed E-state index contributed by atoms with van der Waals surface area (Å²) in [7, 11) is 4.34. The average Bonchev–Trinajstić information content (AvgIpc) is 2.87. The standard InChI is InChI=1S/C14H24N2/c1-15(2)6-3-7-16-9-13-11-4-5-12(8-11)14(13)10-16/h4-5,11-14H,3,6-10H2,1-2H3. The molecule has 2 bridgehead atoms. The van der Waals surface area contributed by atoms with E-state index >= 15 is 0 Å². The van der Waals surface area contributed by atoms with Gasteiger partial charge in [0.2, 0.25) is 0 Å². The summed E-state index contributed by atoms with van der Waals surface area (Å²) in [6.45, 7) is 5.30. The van der Waals surface area contributed by atoms with Crippen LogP contribution in [-0.4, -0.2) is 50.1 Å². The van der Waals surface area contributed by atoms with Crippen LogP contribution in [0.15, 0.2) is 12.2 Å². The van der Waals surface area contributed by atoms with Crippen molar-refractivity contribution in [1.29, 1.82) is 0 Å². The minimum absolute atomic E-state index is 0.939. The van der Waals surface area contributed by atoms with Crippen molar-refractivity contribution in [2.45, 2.75) is 12.8 Å². The predicted octanol–water partition coefficient (Wildman–Crippen LogP) is 1.69. The number of likely N-dealkylation sites (tertiary alicyclic amines) is 1. The third-order valence-corrected chi connectivity index (χ3v) is 4.82. The highest BCUT2D eigenvalue weighted by molar-refractivity contribution is 5.16. The molecule has 1 saturated carbocycles. The summed E-state index contributed by atoms with van der Waals surface area (Å²) in [6, 6.07) is 0. The maximum atomic E-state index is 2.71. The summed E-state index contributed by atoms with van der Waals surface area (Å²) >= 11 is 0. The molecular weight excluding hydrogens is 196 g/mol. The Labute approximate surface area is 99.3 Å². The Morgan fingerprint density at radius 1 is 1.12 bits per heavy atom. The molecule has 0 amide bonds. The Kier molecular flexibility index (Phi) is 2.80. The molecule has 3 aliphatic rings. The van der Waals surface area contributed by atoms with E-state index in [-0.39, 0.29) is 0 Å². The Bertz CT molecular complexity index is 264. The van der Waals surface area contributed by atoms with Crippen molar-refractivity contribution in [2.75, 3.05) is 40.3 Å². The Morgan fingerprint density at radius 2 is 1.75 bits per heavy atom. The van der Waals surface area contributed by atoms with Crippen molar-refractivity contribution in [1.82, 2.24) is 9.80 Å². The first-order chi connectivity index (χ1) is 7.74. The van der Waals surface area contributed by atoms with Gasteiger partial charge in [-0.15, -0.1) is 0 Å². The highest BCUT2D eigenvalue weighted by Crippen LogP contribution is 2.51. The molecule has 3 rings (SSSR count). The largest absolute Gasteiger partial charge is 0.309 e. The fourth-order valence-corrected chi connectivity index (χ4v) is 4.03. The molecule has 1 saturated heterocycles. The van der Waals surface area contributed by atoms with Gasteiger partial charge in [-0.1, -0.05) is 12.2 Å². The van der Waals surface area contributed by atoms with Crippen LogP contribution in [0, 0.1) is 23.7 Å². The lowest BCUT2D eigenvalue weighted by molar-refractivity contribution is 0.276. The molecule has 2 heteroatoms. The van der Waals surface area contributed by atoms with Gasteiger partial charge in [-0.05, 0) is 63.7 Å². The summed E-state index contributed by atoms with van der Waals surface area (Å²) in [5, 5.41) is 0. The fourth-order valence-electron chi connectivity index (χ4n) is 4.03. The molecule has 2 aliphatic carbocycles. The topological polar surface area (TPSA) is 6.48 Å². The summed E-state index contributed by atoms with van der Waals surface area (Å²) in [5.41, 5.74) is 0. The summed E-state index contributed by atoms with van der Waals surface area (Å²) in [4.78, 5) is 5.01. The van der Waals surface area contributed by atoms with Crippen LogP contribution >= 0.6 is 0 Å². The molecule has 90 valence electrons. The van der Waals surface area contributed by atoms with Crippen LogP contribution in [0.25, 0.3) is 0 Å². The second-order valence-electron chi connectivity index (χ2n) is 6.19. The van der Waals surface area contributed by atoms with Crippen LogP contribution in [0.3, 0.4) is 0 Å². The molecule has 0 N–H and O–H groups in total. The van der Waals surface area contributed by atoms with Gasteiger partial charge in [-0.3, -0.25) is 0 Å². The molecule has 2 fully saturated rings. The van der Waals surface area contributed by atoms with Gasteiger partial charge in [0.05, 0.1) is 0 Å². The van der Waals surface area contributed by atoms with Gasteiger partial charge < -0.3 is 9.80 Å². The van der Waals surface area contributed by atoms with Gasteiger partial charge in [-0.2, -0.15) is 0 Å². The van der Waals surface area contributed by atoms with E-state index in [2.05, 4.69) is 36.0 Å². The lowest BCUT2D eigenvalue weighted by atomic mass is 9.86. The van der Waals surface area contributed by atoms with Crippen LogP contribution in [-0.2, 0) is 0 Å². The maximum Gasteiger partial charge on any atom is 0.00188 e. The smallest absolute Gasteiger partial charge is 0.00188 e. The van der Waals surface area contributed by atoms with Crippen molar-refractivity contribution < 1.29 is 0 Å². The third-order valence-electron chi connectivity index (χ3n) is 4.82. The van der Waals surface area contributed by atoms with Crippen LogP contribution in [0.5, 0.6) is 0 Å². The van der Waals surface area contributed by atoms with Crippen LogP contribution in [0.2, 0.25) is 0 Å². The normalized spacial score (nSPS) is 41.2. The van der Waals surface area contributed by atoms with Crippen molar-refractivity contribution in [3.05, 3.63) is 12.2 Å². The van der Waals surface area contributed by atoms with Gasteiger partial charge in [0.25, 0.3) is 0 Å². The van der Waals surface area contributed by atoms with E-state index < -0.39 is 0 Å². The van der Waals surface area contributed by atoms with Crippen molar-refractivity contribution in [2.24, 2.45) is 23.7 Å². The number of nitrogens with zero attached hydrogens (tertiary/aromatic N) is 2. The molecule has 2 nitrogen and oxygen atoms in total. The third kappa shape index (κ3) is 1.82. The van der Waals surface area contributed by atoms with Crippen LogP contribution in [0.4, 0.5) is 0 Å². The molecular formula is C14H24N2. The molecule has 0 aromatic heterocycles. The second-order valence-corrected chi connectivity index (χ2v) is 6.19. The zero-order valence-electron chi connectivity index (χ0n) is 10.6. The van der Waals surface area contributed by atoms with Gasteiger partial charge in [0.15, 0.2) is 0 Å². The minimum atomic E-state index is 0.939. The zero-order chi connectivity index (χ0) is 11.1. The molecule has 1 aliphatic heterocycles. The number of hydrogen-bond donors (Lipinski definition) is 0. The highest BCUT2D eigenvalue weighted by atomic mass is 15.2. The van der Waals surface area contributed by atoms with Gasteiger partial charge in [0.1, 0.15) is 0 Å². The van der Waals surface area contributed by atoms with E-state index in [9.17, 15) is 0 Å². The molecule has 0 radical (unpaired) electrons. The summed E-state index contributed by atoms with van der Waals surface area (Å²) < 4.78 is 0. The molecule has 0 aromatic rings. The van der Waals surface area contributed by atoms with Gasteiger partial charge in [0, 0.05) is 13.1 Å². The Morgan fingerprint density at radius 3 is 2.31 bits per heavy atom. The summed E-state index contributed by atoms with van der Waals surface area (Å²) in [5.74, 6) is 3.89. The molecule has 0 aromatic carbocycles. The average molecular weight is 220 g/mol. The van der Waals surface area contributed by atoms with E-state index in [1.54, 1.807) is 0 Å². The number of hydrogen-bond acceptors (Lipinski definition) is 2. The van der Waals surface area contributed by atoms with E-state index in [4.69, 9.17) is 0 Å². The first-order valence-electron chi connectivity index (χ1n) is 6.79. The lowest BCUT2D eigenvalue weighted by Gasteiger charge is -2.19. The molecule has 1 heterocycles. The number of fused-ring (bicyclic) bond motifs is 5. The Hall–Kier alpha value is -0.340. The van der Waals surface area contributed by atoms with E-state index in [1.807, 2.05) is 0 Å². The molecule has 0 spiro atoms. The Balaban J connectivity index is 1.48. The van der Waals surface area contributed by atoms with Crippen molar-refractivity contribution >= 4 is 0 Å². The maximum absolute atomic E-state index is 2.71. The molecule has 4 atom stereocenters. The van der Waals surface area contributed by atoms with Crippen LogP contribution < -0.4 is 0 Å². The number of rotatable bonds is 4. The molecule has 4 unspecified atom stereocenters. The zero-order valence-corrected chi connectivity index (χ0v) is 10.6. The highest BCUT2D eigenvalue weighted by Gasteiger charge is 2.48. The van der Waals surface area contributed by atoms with E-state index in [0.29, 0.717) is 0 Å². The predicted molar refractivity (Wildman–Crippen MR) is 67.3 cm³/mol. The second kappa shape index (κ2) is 4.15. The van der Waals surface area contributed by atoms with E-state index in [1.165, 1.54) is 39.0 Å². The number of allylic oxidation sites excluding steroid dienone is 2. The quantitative estimate of drug-likeness (QED) is 0.665. The van der Waals surface area contributed by atoms with Crippen LogP contribution in [0.1, 0.15) is 12.8 Å². The first-order valence-corrected chi connectivity index (χ1v) is 6.79. The molecule has 16 heavy (non-hydrogen) atoms. The van der Waals surface area contributed by atoms with Crippen molar-refractivity contribution in [3.63, 3.8) is 0 Å². The van der Waals surface area contributed by atoms with Gasteiger partial charge in [-0.25, -0.2) is 0 Å². The lowest BCUT2D eigenvalue weighted by Crippen LogP contribution is -2.27. The summed E-state index contributed by atoms with van der Waals surface area (Å²) in [6.07, 6.45) is 7.79. The first kappa shape index (κ1) is 10.8. The fraction of sp³-hybridized carbons (Fsp3) is 0.857.